The molecule has 0 rings (SSSR count). The van der Waals surface area contributed by atoms with E-state index in [1.165, 1.54) is 0 Å². The molecule has 0 saturated heterocycles. The molecule has 0 heterocycles. The fourth-order valence-electron chi connectivity index (χ4n) is 0.851. The molecule has 0 aromatic carbocycles. The predicted octanol–water partition coefficient (Wildman–Crippen LogP) is -0.245. The van der Waals surface area contributed by atoms with Gasteiger partial charge in [-0.15, -0.1) is 0 Å². The molecular weight excluding hydrogens is 194 g/mol. The van der Waals surface area contributed by atoms with Crippen molar-refractivity contribution in [2.75, 3.05) is 6.54 Å². The highest BCUT2D eigenvalue weighted by Gasteiger charge is 2.25. The quantitative estimate of drug-likeness (QED) is 0.605. The molecular formula is C10H21N3O2. The summed E-state index contributed by atoms with van der Waals surface area (Å²) >= 11 is 0. The van der Waals surface area contributed by atoms with Gasteiger partial charge in [0.1, 0.15) is 0 Å². The van der Waals surface area contributed by atoms with E-state index in [0.717, 1.165) is 0 Å². The fraction of sp³-hybridized carbons (Fsp3) is 0.800. The van der Waals surface area contributed by atoms with Gasteiger partial charge in [0, 0.05) is 5.54 Å². The summed E-state index contributed by atoms with van der Waals surface area (Å²) in [5.41, 5.74) is 4.02. The SMILES string of the molecule is CC(C)(C)NC(=O)CNC(C)(C)C(N)=O. The third-order valence-corrected chi connectivity index (χ3v) is 1.82. The molecule has 0 unspecified atom stereocenters. The molecule has 4 N–H and O–H groups in total. The van der Waals surface area contributed by atoms with Gasteiger partial charge >= 0.3 is 0 Å². The van der Waals surface area contributed by atoms with Crippen LogP contribution in [0.4, 0.5) is 0 Å². The molecule has 15 heavy (non-hydrogen) atoms. The number of nitrogens with one attached hydrogen (secondary N) is 2. The zero-order valence-corrected chi connectivity index (χ0v) is 10.1. The molecule has 0 aliphatic heterocycles. The van der Waals surface area contributed by atoms with Gasteiger partial charge in [0.25, 0.3) is 0 Å². The van der Waals surface area contributed by atoms with Crippen molar-refractivity contribution in [3.63, 3.8) is 0 Å². The fourth-order valence-corrected chi connectivity index (χ4v) is 0.851. The number of rotatable bonds is 4. The van der Waals surface area contributed by atoms with Crippen LogP contribution in [-0.2, 0) is 9.59 Å². The number of nitrogens with two attached hydrogens (primary N) is 1. The number of amides is 2. The van der Waals surface area contributed by atoms with E-state index >= 15 is 0 Å². The van der Waals surface area contributed by atoms with Gasteiger partial charge in [0.15, 0.2) is 0 Å². The minimum absolute atomic E-state index is 0.0766. The van der Waals surface area contributed by atoms with Gasteiger partial charge in [-0.2, -0.15) is 0 Å². The van der Waals surface area contributed by atoms with E-state index in [9.17, 15) is 9.59 Å². The smallest absolute Gasteiger partial charge is 0.237 e. The van der Waals surface area contributed by atoms with Crippen LogP contribution < -0.4 is 16.4 Å². The van der Waals surface area contributed by atoms with Gasteiger partial charge in [0.2, 0.25) is 11.8 Å². The largest absolute Gasteiger partial charge is 0.368 e. The molecule has 0 fully saturated rings. The molecule has 0 bridgehead atoms. The molecule has 2 amide bonds. The Morgan fingerprint density at radius 3 is 1.93 bits per heavy atom. The van der Waals surface area contributed by atoms with Crippen molar-refractivity contribution in [1.82, 2.24) is 10.6 Å². The topological polar surface area (TPSA) is 84.2 Å². The van der Waals surface area contributed by atoms with Crippen molar-refractivity contribution in [2.45, 2.75) is 45.7 Å². The molecule has 0 saturated carbocycles. The van der Waals surface area contributed by atoms with Crippen LogP contribution in [0.3, 0.4) is 0 Å². The average molecular weight is 215 g/mol. The molecule has 0 aromatic rings. The standard InChI is InChI=1S/C10H21N3O2/c1-9(2,3)13-7(14)6-12-10(4,5)8(11)15/h12H,6H2,1-5H3,(H2,11,15)(H,13,14). The molecule has 5 nitrogen and oxygen atoms in total. The number of carbonyl (C=O) groups excluding carboxylic acids is 2. The summed E-state index contributed by atoms with van der Waals surface area (Å²) in [6.45, 7) is 9.03. The Bertz CT molecular complexity index is 254. The molecule has 0 spiro atoms. The first-order valence-electron chi connectivity index (χ1n) is 4.90. The summed E-state index contributed by atoms with van der Waals surface area (Å²) < 4.78 is 0. The predicted molar refractivity (Wildman–Crippen MR) is 59.2 cm³/mol. The van der Waals surface area contributed by atoms with Crippen LogP contribution in [0.1, 0.15) is 34.6 Å². The maximum Gasteiger partial charge on any atom is 0.237 e. The molecule has 5 heteroatoms. The Balaban J connectivity index is 4.07. The van der Waals surface area contributed by atoms with Gasteiger partial charge in [-0.25, -0.2) is 0 Å². The van der Waals surface area contributed by atoms with Gasteiger partial charge in [-0.05, 0) is 34.6 Å². The molecule has 0 aliphatic carbocycles. The highest BCUT2D eigenvalue weighted by molar-refractivity contribution is 5.85. The van der Waals surface area contributed by atoms with Gasteiger partial charge in [-0.1, -0.05) is 0 Å². The van der Waals surface area contributed by atoms with E-state index in [1.807, 2.05) is 20.8 Å². The lowest BCUT2D eigenvalue weighted by molar-refractivity contribution is -0.124. The second-order valence-corrected chi connectivity index (χ2v) is 5.14. The minimum Gasteiger partial charge on any atom is -0.368 e. The lowest BCUT2D eigenvalue weighted by Gasteiger charge is -2.24. The Hall–Kier alpha value is -1.10. The lowest BCUT2D eigenvalue weighted by atomic mass is 10.1. The van der Waals surface area contributed by atoms with Gasteiger partial charge in [0.05, 0.1) is 12.1 Å². The Morgan fingerprint density at radius 1 is 1.13 bits per heavy atom. The third-order valence-electron chi connectivity index (χ3n) is 1.82. The van der Waals surface area contributed by atoms with Crippen LogP contribution in [0.2, 0.25) is 0 Å². The van der Waals surface area contributed by atoms with Crippen LogP contribution in [0, 0.1) is 0 Å². The van der Waals surface area contributed by atoms with E-state index < -0.39 is 11.4 Å². The zero-order valence-electron chi connectivity index (χ0n) is 10.1. The molecule has 0 aliphatic rings. The second kappa shape index (κ2) is 4.61. The molecule has 0 atom stereocenters. The lowest BCUT2D eigenvalue weighted by Crippen LogP contribution is -2.54. The van der Waals surface area contributed by atoms with Crippen molar-refractivity contribution in [3.8, 4) is 0 Å². The Kier molecular flexibility index (Phi) is 4.27. The van der Waals surface area contributed by atoms with Crippen molar-refractivity contribution in [3.05, 3.63) is 0 Å². The first-order valence-corrected chi connectivity index (χ1v) is 4.90. The first kappa shape index (κ1) is 13.9. The van der Waals surface area contributed by atoms with Crippen LogP contribution in [0.15, 0.2) is 0 Å². The monoisotopic (exact) mass is 215 g/mol. The zero-order chi connectivity index (χ0) is 12.3. The molecule has 0 aromatic heterocycles. The number of primary amides is 1. The summed E-state index contributed by atoms with van der Waals surface area (Å²) in [4.78, 5) is 22.3. The van der Waals surface area contributed by atoms with E-state index in [2.05, 4.69) is 10.6 Å². The van der Waals surface area contributed by atoms with Crippen molar-refractivity contribution in [1.29, 1.82) is 0 Å². The maximum atomic E-state index is 11.4. The third kappa shape index (κ3) is 6.06. The van der Waals surface area contributed by atoms with Crippen LogP contribution >= 0.6 is 0 Å². The van der Waals surface area contributed by atoms with Crippen molar-refractivity contribution in [2.24, 2.45) is 5.73 Å². The van der Waals surface area contributed by atoms with Crippen molar-refractivity contribution < 1.29 is 9.59 Å². The summed E-state index contributed by atoms with van der Waals surface area (Å²) in [5, 5.41) is 5.57. The van der Waals surface area contributed by atoms with Crippen LogP contribution in [0.25, 0.3) is 0 Å². The van der Waals surface area contributed by atoms with E-state index in [1.54, 1.807) is 13.8 Å². The Labute approximate surface area is 90.8 Å². The van der Waals surface area contributed by atoms with Gasteiger partial charge in [-0.3, -0.25) is 14.9 Å². The second-order valence-electron chi connectivity index (χ2n) is 5.14. The summed E-state index contributed by atoms with van der Waals surface area (Å²) in [5.74, 6) is -0.636. The van der Waals surface area contributed by atoms with Crippen LogP contribution in [-0.4, -0.2) is 29.4 Å². The summed E-state index contributed by atoms with van der Waals surface area (Å²) in [6, 6.07) is 0. The normalized spacial score (nSPS) is 12.3. The summed E-state index contributed by atoms with van der Waals surface area (Å²) in [7, 11) is 0. The molecule has 88 valence electrons. The van der Waals surface area contributed by atoms with Crippen LogP contribution in [0.5, 0.6) is 0 Å². The highest BCUT2D eigenvalue weighted by atomic mass is 16.2. The number of hydrogen-bond donors (Lipinski definition) is 3. The number of carbonyl (C=O) groups is 2. The average Bonchev–Trinajstić information content (AvgIpc) is 1.97. The number of hydrogen-bond acceptors (Lipinski definition) is 3. The summed E-state index contributed by atoms with van der Waals surface area (Å²) in [6.07, 6.45) is 0. The van der Waals surface area contributed by atoms with Crippen molar-refractivity contribution >= 4 is 11.8 Å². The first-order chi connectivity index (χ1) is 6.54. The van der Waals surface area contributed by atoms with E-state index in [0.29, 0.717) is 0 Å². The highest BCUT2D eigenvalue weighted by Crippen LogP contribution is 2.00. The van der Waals surface area contributed by atoms with E-state index in [4.69, 9.17) is 5.73 Å². The maximum absolute atomic E-state index is 11.4. The van der Waals surface area contributed by atoms with E-state index in [-0.39, 0.29) is 18.0 Å². The van der Waals surface area contributed by atoms with Gasteiger partial charge < -0.3 is 11.1 Å². The Morgan fingerprint density at radius 2 is 1.60 bits per heavy atom. The minimum atomic E-state index is -0.866. The molecule has 0 radical (unpaired) electrons.